The Bertz CT molecular complexity index is 3880. The number of nitrogens with zero attached hydrogens (tertiary/aromatic N) is 5. The number of H-pyrrole nitrogens is 1. The number of rotatable bonds is 32. The van der Waals surface area contributed by atoms with Crippen molar-refractivity contribution in [1.82, 2.24) is 29.1 Å². The number of nitrogens with one attached hydrogen (secondary N) is 1. The summed E-state index contributed by atoms with van der Waals surface area (Å²) in [5, 5.41) is 0. The van der Waals surface area contributed by atoms with Gasteiger partial charge in [0.25, 0.3) is 5.56 Å². The Morgan fingerprint density at radius 3 is 1.45 bits per heavy atom. The molecule has 3 aliphatic rings. The minimum atomic E-state index is -4.72. The molecule has 0 radical (unpaired) electrons. The van der Waals surface area contributed by atoms with Crippen molar-refractivity contribution in [2.75, 3.05) is 32.2 Å². The summed E-state index contributed by atoms with van der Waals surface area (Å²) < 4.78 is 128. The lowest BCUT2D eigenvalue weighted by atomic mass is 10.1. The third-order valence-corrected chi connectivity index (χ3v) is 23.7. The lowest BCUT2D eigenvalue weighted by Gasteiger charge is -2.30. The van der Waals surface area contributed by atoms with Crippen molar-refractivity contribution in [1.29, 1.82) is 0 Å². The van der Waals surface area contributed by atoms with E-state index in [4.69, 9.17) is 52.2 Å². The minimum absolute atomic E-state index is 0.00748. The average molecular weight is 1400 g/mol. The highest BCUT2D eigenvalue weighted by Gasteiger charge is 2.55. The van der Waals surface area contributed by atoms with Crippen LogP contribution in [0.25, 0.3) is 11.2 Å². The fourth-order valence-corrected chi connectivity index (χ4v) is 17.8. The Balaban J connectivity index is 0.825. The molecule has 3 aromatic heterocycles. The first-order chi connectivity index (χ1) is 46.6. The number of unbranched alkanes of at least 4 members (excludes halogenated alkanes) is 14. The second kappa shape index (κ2) is 35.1. The van der Waals surface area contributed by atoms with Crippen LogP contribution in [0, 0.1) is 0 Å². The molecule has 10 atom stereocenters. The minimum Gasteiger partial charge on any atom is -0.494 e. The molecule has 23 nitrogen and oxygen atoms in total. The fourth-order valence-electron chi connectivity index (χ4n) is 11.0. The van der Waals surface area contributed by atoms with Gasteiger partial charge in [-0.1, -0.05) is 128 Å². The molecule has 3 saturated heterocycles. The van der Waals surface area contributed by atoms with E-state index in [0.29, 0.717) is 69.7 Å². The van der Waals surface area contributed by atoms with Crippen molar-refractivity contribution >= 4 is 65.3 Å². The van der Waals surface area contributed by atoms with Gasteiger partial charge in [0.2, 0.25) is 0 Å². The van der Waals surface area contributed by atoms with Crippen LogP contribution in [-0.2, 0) is 48.2 Å². The predicted molar refractivity (Wildman–Crippen MR) is 360 cm³/mol. The number of aromatic nitrogens is 6. The van der Waals surface area contributed by atoms with Gasteiger partial charge in [0.05, 0.1) is 43.9 Å². The van der Waals surface area contributed by atoms with E-state index in [-0.39, 0.29) is 40.0 Å². The van der Waals surface area contributed by atoms with Gasteiger partial charge in [0.1, 0.15) is 59.3 Å². The van der Waals surface area contributed by atoms with Crippen LogP contribution in [0.1, 0.15) is 161 Å². The molecule has 6 heterocycles. The number of nitrogens with two attached hydrogens (primary N) is 1. The number of halogens is 2. The summed E-state index contributed by atoms with van der Waals surface area (Å²) in [6.07, 6.45) is 7.45. The molecule has 0 amide bonds. The summed E-state index contributed by atoms with van der Waals surface area (Å²) >= 11 is 1.26. The molecule has 0 aliphatic carbocycles. The number of fused-ring (bicyclic) bond motifs is 3. The van der Waals surface area contributed by atoms with E-state index in [0.717, 1.165) is 48.8 Å². The first-order valence-electron chi connectivity index (χ1n) is 32.6. The van der Waals surface area contributed by atoms with Gasteiger partial charge in [-0.15, -0.1) is 0 Å². The number of anilines is 1. The van der Waals surface area contributed by atoms with Crippen LogP contribution in [-0.4, -0.2) is 104 Å². The fraction of sp³-hybridized carbons (Fsp3) is 0.478. The van der Waals surface area contributed by atoms with Crippen LogP contribution in [0.4, 0.5) is 14.6 Å². The second-order valence-electron chi connectivity index (χ2n) is 23.6. The number of carbonyl (C=O) groups is 2. The van der Waals surface area contributed by atoms with Gasteiger partial charge in [0.15, 0.2) is 36.3 Å². The van der Waals surface area contributed by atoms with E-state index < -0.39 is 99.2 Å². The zero-order valence-corrected chi connectivity index (χ0v) is 57.0. The SMILES string of the molecule is CCCCCCCCCCOc1ccc(C(=O)Oc2ccc(CSP3(=O)OCC4OC(n5cnc6c(N)ncnc65)C(F)C4OP(=O)(SCc4ccc(OC(=O)c5ccc(OCCCCCCCCCC)cc5)cc4)OCC4OC(n5ccc(=O)[nH]c5=O)C(F)C4O3)cc2)cc1. The third kappa shape index (κ3) is 19.7. The zero-order valence-electron chi connectivity index (χ0n) is 53.5. The molecule has 3 aliphatic heterocycles. The van der Waals surface area contributed by atoms with E-state index in [1.54, 1.807) is 72.8 Å². The number of esters is 2. The smallest absolute Gasteiger partial charge is 0.389 e. The van der Waals surface area contributed by atoms with Crippen LogP contribution in [0.3, 0.4) is 0 Å². The number of nitrogen functional groups attached to an aromatic ring is 1. The van der Waals surface area contributed by atoms with Gasteiger partial charge in [-0.2, -0.15) is 0 Å². The standard InChI is InChI=1S/C67H81F2N7O16P2S2/c1-3-5-7-9-11-13-15-17-37-83-49-31-23-47(24-32-49)65(78)87-51-27-19-45(20-28-51)41-95-93(81)86-40-54-60(57(69)64(90-54)76-44-73-58-61(70)71-43-72-62(58)76)92-94(82,85-39-53-59(91-93)56(68)63(89-53)75-36-35-55(77)74-67(75)80)96-42-46-21-29-52(30-22-46)88-66(79)48-25-33-50(34-26-48)84-38-18-16-14-12-10-8-6-4-2/h19-36,43-44,53-54,56-57,59-60,63-64H,3-18,37-42H2,1-2H3,(H2,70,71,72)(H,74,77,80). The maximum atomic E-state index is 17.5. The highest BCUT2D eigenvalue weighted by Crippen LogP contribution is 2.67. The monoisotopic (exact) mass is 1400 g/mol. The molecule has 3 N–H and O–H groups in total. The van der Waals surface area contributed by atoms with Crippen molar-refractivity contribution in [3.05, 3.63) is 165 Å². The summed E-state index contributed by atoms with van der Waals surface area (Å²) in [7, 11) is 0. The van der Waals surface area contributed by atoms with Crippen LogP contribution in [0.5, 0.6) is 23.0 Å². The summed E-state index contributed by atoms with van der Waals surface area (Å²) in [6, 6.07) is 26.9. The highest BCUT2D eigenvalue weighted by atomic mass is 32.7. The van der Waals surface area contributed by atoms with Gasteiger partial charge in [-0.05, 0) is 120 Å². The Labute approximate surface area is 563 Å². The molecule has 0 spiro atoms. The number of hydrogen-bond acceptors (Lipinski definition) is 22. The number of benzene rings is 4. The quantitative estimate of drug-likeness (QED) is 0.0171. The topological polar surface area (TPSA) is 285 Å². The van der Waals surface area contributed by atoms with Crippen molar-refractivity contribution in [3.63, 3.8) is 0 Å². The summed E-state index contributed by atoms with van der Waals surface area (Å²) in [4.78, 5) is 66.3. The normalized spacial score (nSPS) is 23.5. The molecule has 0 bridgehead atoms. The zero-order chi connectivity index (χ0) is 67.4. The molecule has 7 aromatic rings. The van der Waals surface area contributed by atoms with Crippen molar-refractivity contribution in [3.8, 4) is 23.0 Å². The molecular formula is C67H81F2N7O16P2S2. The molecule has 516 valence electrons. The first-order valence-corrected chi connectivity index (χ1v) is 38.9. The third-order valence-electron chi connectivity index (χ3n) is 16.4. The number of ether oxygens (including phenoxy) is 6. The Morgan fingerprint density at radius 2 is 1.00 bits per heavy atom. The van der Waals surface area contributed by atoms with Gasteiger partial charge in [-0.3, -0.25) is 37.0 Å². The van der Waals surface area contributed by atoms with E-state index in [1.807, 2.05) is 0 Å². The van der Waals surface area contributed by atoms with Crippen LogP contribution < -0.4 is 35.9 Å². The second-order valence-corrected chi connectivity index (χ2v) is 31.6. The van der Waals surface area contributed by atoms with Gasteiger partial charge in [-0.25, -0.2) is 47.2 Å². The van der Waals surface area contributed by atoms with Crippen LogP contribution in [0.2, 0.25) is 0 Å². The van der Waals surface area contributed by atoms with Gasteiger partial charge >= 0.3 is 31.2 Å². The largest absolute Gasteiger partial charge is 0.494 e. The molecule has 96 heavy (non-hydrogen) atoms. The lowest BCUT2D eigenvalue weighted by Crippen LogP contribution is -2.37. The molecular weight excluding hydrogens is 1320 g/mol. The summed E-state index contributed by atoms with van der Waals surface area (Å²) in [6.45, 7) is -5.48. The van der Waals surface area contributed by atoms with Crippen molar-refractivity contribution < 1.29 is 74.0 Å². The van der Waals surface area contributed by atoms with E-state index in [1.165, 1.54) is 112 Å². The Kier molecular flexibility index (Phi) is 26.3. The summed E-state index contributed by atoms with van der Waals surface area (Å²) in [5.74, 6) is 0.190. The molecule has 4 aromatic carbocycles. The number of hydrogen-bond donors (Lipinski definition) is 2. The Morgan fingerprint density at radius 1 is 0.573 bits per heavy atom. The van der Waals surface area contributed by atoms with Crippen LogP contribution in [0.15, 0.2) is 132 Å². The molecule has 29 heteroatoms. The van der Waals surface area contributed by atoms with Gasteiger partial charge in [0, 0.05) is 23.8 Å². The number of aromatic amines is 1. The summed E-state index contributed by atoms with van der Waals surface area (Å²) in [5.41, 5.74) is 6.09. The Hall–Kier alpha value is -6.77. The predicted octanol–water partition coefficient (Wildman–Crippen LogP) is 14.8. The molecule has 3 fully saturated rings. The number of imidazole rings is 1. The number of alkyl halides is 2. The highest BCUT2D eigenvalue weighted by molar-refractivity contribution is 8.55. The lowest BCUT2D eigenvalue weighted by molar-refractivity contribution is -0.0559. The molecule has 0 saturated carbocycles. The van der Waals surface area contributed by atoms with E-state index >= 15 is 17.9 Å². The maximum Gasteiger partial charge on any atom is 0.389 e. The van der Waals surface area contributed by atoms with Crippen LogP contribution >= 0.6 is 36.4 Å². The maximum absolute atomic E-state index is 17.5. The molecule has 10 rings (SSSR count). The van der Waals surface area contributed by atoms with E-state index in [2.05, 4.69) is 33.8 Å². The number of carbonyl (C=O) groups excluding carboxylic acids is 2. The van der Waals surface area contributed by atoms with E-state index in [9.17, 15) is 19.2 Å². The van der Waals surface area contributed by atoms with Crippen molar-refractivity contribution in [2.45, 2.75) is 177 Å². The average Bonchev–Trinajstić information content (AvgIpc) is 1.60. The van der Waals surface area contributed by atoms with Crippen molar-refractivity contribution in [2.24, 2.45) is 0 Å². The van der Waals surface area contributed by atoms with Gasteiger partial charge < -0.3 is 34.2 Å². The first kappa shape index (κ1) is 72.0. The molecule has 10 unspecified atom stereocenters.